The van der Waals surface area contributed by atoms with Gasteiger partial charge in [0.15, 0.2) is 11.5 Å². The van der Waals surface area contributed by atoms with Crippen LogP contribution in [0.3, 0.4) is 0 Å². The number of nitrogens with zero attached hydrogens (tertiary/aromatic N) is 1. The van der Waals surface area contributed by atoms with Gasteiger partial charge in [-0.3, -0.25) is 0 Å². The van der Waals surface area contributed by atoms with Gasteiger partial charge < -0.3 is 19.7 Å². The molecule has 1 unspecified atom stereocenters. The van der Waals surface area contributed by atoms with Crippen molar-refractivity contribution in [2.45, 2.75) is 26.5 Å². The number of hydrogen-bond acceptors (Lipinski definition) is 4. The van der Waals surface area contributed by atoms with E-state index in [1.54, 1.807) is 7.11 Å². The lowest BCUT2D eigenvalue weighted by atomic mass is 10.1. The molecule has 1 fully saturated rings. The Kier molecular flexibility index (Phi) is 6.92. The molecule has 0 amide bonds. The second kappa shape index (κ2) is 9.60. The third-order valence-electron chi connectivity index (χ3n) is 5.04. The van der Waals surface area contributed by atoms with Crippen molar-refractivity contribution in [3.8, 4) is 11.5 Å². The van der Waals surface area contributed by atoms with Gasteiger partial charge in [-0.1, -0.05) is 43.3 Å². The van der Waals surface area contributed by atoms with E-state index in [0.717, 1.165) is 42.6 Å². The fourth-order valence-corrected chi connectivity index (χ4v) is 3.47. The summed E-state index contributed by atoms with van der Waals surface area (Å²) in [5, 5.41) is 3.60. The van der Waals surface area contributed by atoms with E-state index in [1.165, 1.54) is 25.1 Å². The van der Waals surface area contributed by atoms with Crippen LogP contribution in [0.2, 0.25) is 0 Å². The number of nitrogens with one attached hydrogen (secondary N) is 1. The maximum atomic E-state index is 6.00. The Morgan fingerprint density at radius 3 is 2.65 bits per heavy atom. The summed E-state index contributed by atoms with van der Waals surface area (Å²) in [6, 6.07) is 16.4. The van der Waals surface area contributed by atoms with Crippen molar-refractivity contribution in [2.24, 2.45) is 5.92 Å². The monoisotopic (exact) mass is 354 g/mol. The maximum Gasteiger partial charge on any atom is 0.161 e. The first-order chi connectivity index (χ1) is 12.8. The Bertz CT molecular complexity index is 675. The summed E-state index contributed by atoms with van der Waals surface area (Å²) in [5.41, 5.74) is 2.37. The molecule has 2 aromatic carbocycles. The Morgan fingerprint density at radius 2 is 1.92 bits per heavy atom. The van der Waals surface area contributed by atoms with Gasteiger partial charge in [0.05, 0.1) is 7.11 Å². The largest absolute Gasteiger partial charge is 0.493 e. The van der Waals surface area contributed by atoms with Gasteiger partial charge in [-0.15, -0.1) is 0 Å². The fraction of sp³-hybridized carbons (Fsp3) is 0.455. The molecule has 1 heterocycles. The quantitative estimate of drug-likeness (QED) is 0.744. The third kappa shape index (κ3) is 5.23. The molecule has 0 bridgehead atoms. The number of methoxy groups -OCH3 is 1. The molecule has 4 nitrogen and oxygen atoms in total. The molecule has 0 radical (unpaired) electrons. The molecular weight excluding hydrogens is 324 g/mol. The van der Waals surface area contributed by atoms with E-state index in [-0.39, 0.29) is 0 Å². The van der Waals surface area contributed by atoms with Crippen LogP contribution >= 0.6 is 0 Å². The smallest absolute Gasteiger partial charge is 0.161 e. The van der Waals surface area contributed by atoms with Gasteiger partial charge in [-0.25, -0.2) is 0 Å². The van der Waals surface area contributed by atoms with Gasteiger partial charge in [0.2, 0.25) is 0 Å². The molecule has 1 N–H and O–H groups in total. The van der Waals surface area contributed by atoms with Crippen LogP contribution in [0.5, 0.6) is 11.5 Å². The minimum absolute atomic E-state index is 0.545. The maximum absolute atomic E-state index is 6.00. The van der Waals surface area contributed by atoms with Crippen molar-refractivity contribution in [2.75, 3.05) is 33.3 Å². The average molecular weight is 354 g/mol. The van der Waals surface area contributed by atoms with Gasteiger partial charge in [0.1, 0.15) is 6.61 Å². The van der Waals surface area contributed by atoms with Crippen LogP contribution in [0.1, 0.15) is 24.5 Å². The third-order valence-corrected chi connectivity index (χ3v) is 5.04. The number of rotatable bonds is 9. The first-order valence-electron chi connectivity index (χ1n) is 9.55. The summed E-state index contributed by atoms with van der Waals surface area (Å²) in [6.45, 7) is 8.34. The predicted molar refractivity (Wildman–Crippen MR) is 106 cm³/mol. The fourth-order valence-electron chi connectivity index (χ4n) is 3.47. The zero-order valence-electron chi connectivity index (χ0n) is 15.9. The van der Waals surface area contributed by atoms with Crippen molar-refractivity contribution in [1.82, 2.24) is 10.2 Å². The first-order valence-corrected chi connectivity index (χ1v) is 9.55. The van der Waals surface area contributed by atoms with Gasteiger partial charge in [-0.2, -0.15) is 0 Å². The molecule has 2 aromatic rings. The Morgan fingerprint density at radius 1 is 1.08 bits per heavy atom. The summed E-state index contributed by atoms with van der Waals surface area (Å²) in [7, 11) is 1.68. The van der Waals surface area contributed by atoms with E-state index in [4.69, 9.17) is 9.47 Å². The predicted octanol–water partition coefficient (Wildman–Crippen LogP) is 3.71. The normalized spacial score (nSPS) is 17.4. The van der Waals surface area contributed by atoms with Crippen LogP contribution in [0.4, 0.5) is 0 Å². The zero-order valence-corrected chi connectivity index (χ0v) is 15.9. The van der Waals surface area contributed by atoms with Crippen molar-refractivity contribution >= 4 is 0 Å². The van der Waals surface area contributed by atoms with Gasteiger partial charge in [0, 0.05) is 13.1 Å². The average Bonchev–Trinajstić information content (AvgIpc) is 3.15. The first kappa shape index (κ1) is 18.7. The Balaban J connectivity index is 1.53. The molecule has 1 saturated heterocycles. The minimum atomic E-state index is 0.545. The minimum Gasteiger partial charge on any atom is -0.493 e. The lowest BCUT2D eigenvalue weighted by Gasteiger charge is -2.15. The van der Waals surface area contributed by atoms with Gasteiger partial charge in [-0.05, 0) is 55.2 Å². The topological polar surface area (TPSA) is 33.7 Å². The molecule has 0 spiro atoms. The van der Waals surface area contributed by atoms with Crippen LogP contribution < -0.4 is 14.8 Å². The molecule has 140 valence electrons. The SMILES string of the molecule is CCN1CCC(CNCc2ccc(OC)c(OCc3ccccc3)c2)C1. The van der Waals surface area contributed by atoms with Gasteiger partial charge in [0.25, 0.3) is 0 Å². The highest BCUT2D eigenvalue weighted by Gasteiger charge is 2.20. The van der Waals surface area contributed by atoms with Crippen LogP contribution in [0.25, 0.3) is 0 Å². The molecule has 4 heteroatoms. The van der Waals surface area contributed by atoms with Crippen molar-refractivity contribution < 1.29 is 9.47 Å². The van der Waals surface area contributed by atoms with E-state index in [2.05, 4.69) is 41.4 Å². The van der Waals surface area contributed by atoms with E-state index in [1.807, 2.05) is 24.3 Å². The standard InChI is InChI=1S/C22H30N2O2/c1-3-24-12-11-20(16-24)15-23-14-19-9-10-21(25-2)22(13-19)26-17-18-7-5-4-6-8-18/h4-10,13,20,23H,3,11-12,14-17H2,1-2H3. The van der Waals surface area contributed by atoms with E-state index in [9.17, 15) is 0 Å². The van der Waals surface area contributed by atoms with E-state index < -0.39 is 0 Å². The Labute approximate surface area is 157 Å². The van der Waals surface area contributed by atoms with E-state index in [0.29, 0.717) is 6.61 Å². The molecule has 1 aliphatic heterocycles. The van der Waals surface area contributed by atoms with Crippen LogP contribution in [0.15, 0.2) is 48.5 Å². The molecule has 3 rings (SSSR count). The molecule has 26 heavy (non-hydrogen) atoms. The number of hydrogen-bond donors (Lipinski definition) is 1. The summed E-state index contributed by atoms with van der Waals surface area (Å²) in [5.74, 6) is 2.34. The second-order valence-corrected chi connectivity index (χ2v) is 6.94. The molecular formula is C22H30N2O2. The van der Waals surface area contributed by atoms with Crippen molar-refractivity contribution in [1.29, 1.82) is 0 Å². The zero-order chi connectivity index (χ0) is 18.2. The van der Waals surface area contributed by atoms with Crippen molar-refractivity contribution in [3.05, 3.63) is 59.7 Å². The number of likely N-dealkylation sites (tertiary alicyclic amines) is 1. The van der Waals surface area contributed by atoms with E-state index >= 15 is 0 Å². The van der Waals surface area contributed by atoms with Gasteiger partial charge >= 0.3 is 0 Å². The molecule has 0 aromatic heterocycles. The van der Waals surface area contributed by atoms with Crippen molar-refractivity contribution in [3.63, 3.8) is 0 Å². The number of ether oxygens (including phenoxy) is 2. The lowest BCUT2D eigenvalue weighted by Crippen LogP contribution is -2.26. The molecule has 0 aliphatic carbocycles. The van der Waals surface area contributed by atoms with Crippen LogP contribution in [-0.2, 0) is 13.2 Å². The molecule has 0 saturated carbocycles. The molecule has 1 atom stereocenters. The highest BCUT2D eigenvalue weighted by atomic mass is 16.5. The summed E-state index contributed by atoms with van der Waals surface area (Å²) < 4.78 is 11.5. The number of benzene rings is 2. The summed E-state index contributed by atoms with van der Waals surface area (Å²) in [6.07, 6.45) is 1.30. The van der Waals surface area contributed by atoms with Crippen LogP contribution in [0, 0.1) is 5.92 Å². The molecule has 1 aliphatic rings. The highest BCUT2D eigenvalue weighted by Crippen LogP contribution is 2.29. The lowest BCUT2D eigenvalue weighted by molar-refractivity contribution is 0.284. The van der Waals surface area contributed by atoms with Crippen LogP contribution in [-0.4, -0.2) is 38.2 Å². The Hall–Kier alpha value is -2.04. The summed E-state index contributed by atoms with van der Waals surface area (Å²) in [4.78, 5) is 2.52. The summed E-state index contributed by atoms with van der Waals surface area (Å²) >= 11 is 0. The highest BCUT2D eigenvalue weighted by molar-refractivity contribution is 5.43. The second-order valence-electron chi connectivity index (χ2n) is 6.94.